The van der Waals surface area contributed by atoms with E-state index in [1.54, 1.807) is 24.3 Å². The van der Waals surface area contributed by atoms with Gasteiger partial charge in [-0.25, -0.2) is 18.1 Å². The zero-order valence-corrected chi connectivity index (χ0v) is 13.8. The van der Waals surface area contributed by atoms with Crippen LogP contribution in [0.1, 0.15) is 0 Å². The molecule has 9 heteroatoms. The summed E-state index contributed by atoms with van der Waals surface area (Å²) in [4.78, 5) is 15.9. The Morgan fingerprint density at radius 2 is 1.83 bits per heavy atom. The molecular weight excluding hydrogens is 360 g/mol. The summed E-state index contributed by atoms with van der Waals surface area (Å²) in [5.74, 6) is 0. The quantitative estimate of drug-likeness (QED) is 0.709. The van der Waals surface area contributed by atoms with E-state index in [1.807, 2.05) is 4.72 Å². The number of oxazole rings is 1. The highest BCUT2D eigenvalue weighted by Gasteiger charge is 2.20. The van der Waals surface area contributed by atoms with Crippen molar-refractivity contribution >= 4 is 49.7 Å². The van der Waals surface area contributed by atoms with E-state index in [1.165, 1.54) is 24.3 Å². The second kappa shape index (κ2) is 6.23. The Labute approximate surface area is 140 Å². The van der Waals surface area contributed by atoms with Gasteiger partial charge in [0.05, 0.1) is 4.90 Å². The van der Waals surface area contributed by atoms with Crippen LogP contribution in [0.3, 0.4) is 0 Å². The number of nitrogens with one attached hydrogen (secondary N) is 1. The van der Waals surface area contributed by atoms with E-state index in [0.717, 1.165) is 0 Å². The summed E-state index contributed by atoms with van der Waals surface area (Å²) in [5, 5.41) is -0.349. The van der Waals surface area contributed by atoms with Gasteiger partial charge in [0.2, 0.25) is 0 Å². The molecule has 0 unspecified atom stereocenters. The van der Waals surface area contributed by atoms with Gasteiger partial charge in [0, 0.05) is 16.8 Å². The van der Waals surface area contributed by atoms with Crippen molar-refractivity contribution in [2.24, 2.45) is 0 Å². The molecule has 1 heterocycles. The van der Waals surface area contributed by atoms with Crippen molar-refractivity contribution in [2.75, 3.05) is 0 Å². The normalized spacial score (nSPS) is 11.5. The van der Waals surface area contributed by atoms with Crippen LogP contribution < -0.4 is 4.72 Å². The first kappa shape index (κ1) is 15.9. The van der Waals surface area contributed by atoms with E-state index < -0.39 is 15.3 Å². The summed E-state index contributed by atoms with van der Waals surface area (Å²) in [6, 6.07) is 12.4. The van der Waals surface area contributed by atoms with Crippen LogP contribution in [0.15, 0.2) is 63.1 Å². The maximum atomic E-state index is 12.1. The number of hydrogen-bond acceptors (Lipinski definition) is 6. The van der Waals surface area contributed by atoms with Crippen LogP contribution in [0.4, 0.5) is 4.79 Å². The van der Waals surface area contributed by atoms with Gasteiger partial charge in [-0.1, -0.05) is 23.7 Å². The van der Waals surface area contributed by atoms with Crippen molar-refractivity contribution in [1.29, 1.82) is 0 Å². The van der Waals surface area contributed by atoms with Gasteiger partial charge in [-0.05, 0) is 36.4 Å². The predicted molar refractivity (Wildman–Crippen MR) is 87.0 cm³/mol. The lowest BCUT2D eigenvalue weighted by Gasteiger charge is -2.05. The van der Waals surface area contributed by atoms with E-state index in [2.05, 4.69) is 4.98 Å². The molecule has 6 nitrogen and oxygen atoms in total. The van der Waals surface area contributed by atoms with Crippen molar-refractivity contribution < 1.29 is 17.6 Å². The molecule has 1 N–H and O–H groups in total. The second-order valence-corrected chi connectivity index (χ2v) is 7.44. The number of thioether (sulfide) groups is 1. The molecule has 2 aromatic carbocycles. The fourth-order valence-corrected chi connectivity index (χ4v) is 3.66. The molecular formula is C14H9ClN2O4S2. The molecule has 0 saturated carbocycles. The number of halogens is 1. The van der Waals surface area contributed by atoms with E-state index >= 15 is 0 Å². The number of aromatic nitrogens is 1. The first-order valence-corrected chi connectivity index (χ1v) is 8.97. The highest BCUT2D eigenvalue weighted by Crippen LogP contribution is 2.24. The fraction of sp³-hybridized carbons (Fsp3) is 0. The first-order chi connectivity index (χ1) is 10.9. The second-order valence-electron chi connectivity index (χ2n) is 4.40. The lowest BCUT2D eigenvalue weighted by atomic mass is 10.3. The topological polar surface area (TPSA) is 89.3 Å². The third-order valence-electron chi connectivity index (χ3n) is 2.80. The van der Waals surface area contributed by atoms with Crippen molar-refractivity contribution in [2.45, 2.75) is 10.1 Å². The van der Waals surface area contributed by atoms with Crippen molar-refractivity contribution in [1.82, 2.24) is 9.71 Å². The molecule has 0 radical (unpaired) electrons. The zero-order valence-electron chi connectivity index (χ0n) is 11.4. The SMILES string of the molecule is O=C(NS(=O)(=O)c1ccc(Cl)cc1)Sc1nc2ccccc2o1. The molecule has 0 spiro atoms. The monoisotopic (exact) mass is 368 g/mol. The molecule has 0 atom stereocenters. The minimum Gasteiger partial charge on any atom is -0.431 e. The van der Waals surface area contributed by atoms with E-state index in [4.69, 9.17) is 16.0 Å². The van der Waals surface area contributed by atoms with Crippen LogP contribution in [0.5, 0.6) is 0 Å². The standard InChI is InChI=1S/C14H9ClN2O4S2/c15-9-5-7-10(8-6-9)23(19,20)17-13(18)22-14-16-11-3-1-2-4-12(11)21-14/h1-8H,(H,17,18). The third-order valence-corrected chi connectivity index (χ3v) is 5.16. The molecule has 3 rings (SSSR count). The Morgan fingerprint density at radius 3 is 2.52 bits per heavy atom. The largest absolute Gasteiger partial charge is 0.431 e. The summed E-state index contributed by atoms with van der Waals surface area (Å²) in [6.45, 7) is 0. The third kappa shape index (κ3) is 3.66. The summed E-state index contributed by atoms with van der Waals surface area (Å²) in [6.07, 6.45) is 0. The number of rotatable bonds is 3. The van der Waals surface area contributed by atoms with Crippen LogP contribution in [0, 0.1) is 0 Å². The molecule has 0 aliphatic carbocycles. The Morgan fingerprint density at radius 1 is 1.13 bits per heavy atom. The van der Waals surface area contributed by atoms with E-state index in [0.29, 0.717) is 27.9 Å². The number of amides is 1. The predicted octanol–water partition coefficient (Wildman–Crippen LogP) is 3.67. The Bertz CT molecular complexity index is 935. The summed E-state index contributed by atoms with van der Waals surface area (Å²) in [7, 11) is -3.97. The average Bonchev–Trinajstić information content (AvgIpc) is 2.88. The maximum absolute atomic E-state index is 12.1. The summed E-state index contributed by atoms with van der Waals surface area (Å²) < 4.78 is 31.4. The smallest absolute Gasteiger partial charge is 0.302 e. The van der Waals surface area contributed by atoms with Gasteiger partial charge >= 0.3 is 5.24 Å². The van der Waals surface area contributed by atoms with Crippen molar-refractivity contribution in [3.05, 3.63) is 53.6 Å². The Hall–Kier alpha value is -2.03. The van der Waals surface area contributed by atoms with Crippen LogP contribution in [0.2, 0.25) is 5.02 Å². The number of carbonyl (C=O) groups is 1. The number of benzene rings is 2. The molecule has 1 aromatic heterocycles. The lowest BCUT2D eigenvalue weighted by molar-refractivity contribution is 0.264. The van der Waals surface area contributed by atoms with Gasteiger partial charge in [0.1, 0.15) is 5.52 Å². The molecule has 23 heavy (non-hydrogen) atoms. The van der Waals surface area contributed by atoms with E-state index in [9.17, 15) is 13.2 Å². The maximum Gasteiger partial charge on any atom is 0.302 e. The first-order valence-electron chi connectivity index (χ1n) is 6.30. The number of para-hydroxylation sites is 2. The molecule has 0 aliphatic rings. The highest BCUT2D eigenvalue weighted by atomic mass is 35.5. The zero-order chi connectivity index (χ0) is 16.4. The number of sulfonamides is 1. The Kier molecular flexibility index (Phi) is 4.29. The van der Waals surface area contributed by atoms with Crippen molar-refractivity contribution in [3.63, 3.8) is 0 Å². The number of nitrogens with zero attached hydrogens (tertiary/aromatic N) is 1. The molecule has 3 aromatic rings. The van der Waals surface area contributed by atoms with Gasteiger partial charge in [0.25, 0.3) is 15.2 Å². The molecule has 0 aliphatic heterocycles. The number of carbonyl (C=O) groups excluding carboxylic acids is 1. The summed E-state index contributed by atoms with van der Waals surface area (Å²) in [5.41, 5.74) is 1.10. The van der Waals surface area contributed by atoms with Gasteiger partial charge in [-0.2, -0.15) is 0 Å². The minimum atomic E-state index is -3.97. The van der Waals surface area contributed by atoms with Crippen LogP contribution in [-0.2, 0) is 10.0 Å². The average molecular weight is 369 g/mol. The number of fused-ring (bicyclic) bond motifs is 1. The van der Waals surface area contributed by atoms with Crippen LogP contribution in [0.25, 0.3) is 11.1 Å². The fourth-order valence-electron chi connectivity index (χ4n) is 1.78. The molecule has 0 bridgehead atoms. The minimum absolute atomic E-state index is 0.0617. The van der Waals surface area contributed by atoms with Crippen molar-refractivity contribution in [3.8, 4) is 0 Å². The van der Waals surface area contributed by atoms with Crippen LogP contribution >= 0.6 is 23.4 Å². The molecule has 0 saturated heterocycles. The van der Waals surface area contributed by atoms with Gasteiger partial charge in [-0.3, -0.25) is 4.79 Å². The molecule has 1 amide bonds. The molecule has 118 valence electrons. The van der Waals surface area contributed by atoms with Gasteiger partial charge in [0.15, 0.2) is 5.58 Å². The van der Waals surface area contributed by atoms with Gasteiger partial charge < -0.3 is 4.42 Å². The summed E-state index contributed by atoms with van der Waals surface area (Å²) >= 11 is 6.27. The lowest BCUT2D eigenvalue weighted by Crippen LogP contribution is -2.27. The van der Waals surface area contributed by atoms with Gasteiger partial charge in [-0.15, -0.1) is 0 Å². The molecule has 0 fully saturated rings. The van der Waals surface area contributed by atoms with Crippen LogP contribution in [-0.4, -0.2) is 18.6 Å². The highest BCUT2D eigenvalue weighted by molar-refractivity contribution is 8.14. The Balaban J connectivity index is 1.74. The number of hydrogen-bond donors (Lipinski definition) is 1. The van der Waals surface area contributed by atoms with E-state index in [-0.39, 0.29) is 10.1 Å².